The summed E-state index contributed by atoms with van der Waals surface area (Å²) in [6.07, 6.45) is 1.34. The molecule has 23 heavy (non-hydrogen) atoms. The van der Waals surface area contributed by atoms with Gasteiger partial charge < -0.3 is 14.5 Å². The van der Waals surface area contributed by atoms with Crippen LogP contribution in [0.25, 0.3) is 0 Å². The number of halogens is 3. The lowest BCUT2D eigenvalue weighted by Crippen LogP contribution is -2.47. The van der Waals surface area contributed by atoms with E-state index in [1.807, 2.05) is 4.90 Å². The highest BCUT2D eigenvalue weighted by Crippen LogP contribution is 2.24. The van der Waals surface area contributed by atoms with Gasteiger partial charge in [-0.1, -0.05) is 0 Å². The van der Waals surface area contributed by atoms with E-state index in [4.69, 9.17) is 0 Å². The molecule has 3 heterocycles. The van der Waals surface area contributed by atoms with E-state index in [0.717, 1.165) is 25.1 Å². The van der Waals surface area contributed by atoms with Crippen molar-refractivity contribution in [1.82, 2.24) is 15.0 Å². The quantitative estimate of drug-likeness (QED) is 0.861. The molecule has 1 aliphatic heterocycles. The number of anilines is 2. The topological polar surface area (TPSA) is 54.4 Å². The molecule has 1 saturated heterocycles. The van der Waals surface area contributed by atoms with Crippen molar-refractivity contribution in [1.29, 1.82) is 0 Å². The summed E-state index contributed by atoms with van der Waals surface area (Å²) in [7, 11) is 0. The first-order valence-corrected chi connectivity index (χ1v) is 6.99. The van der Waals surface area contributed by atoms with E-state index in [9.17, 15) is 13.2 Å². The Hall–Kier alpha value is -2.58. The molecule has 0 N–H and O–H groups in total. The van der Waals surface area contributed by atoms with E-state index in [1.165, 1.54) is 12.1 Å². The molecule has 0 aromatic carbocycles. The van der Waals surface area contributed by atoms with Gasteiger partial charge in [0.25, 0.3) is 0 Å². The third-order valence-corrected chi connectivity index (χ3v) is 3.43. The number of pyridine rings is 1. The number of hydrogen-bond acceptors (Lipinski definition) is 6. The van der Waals surface area contributed by atoms with E-state index >= 15 is 0 Å². The molecule has 1 aliphatic rings. The molecule has 0 unspecified atom stereocenters. The molecule has 2 aromatic heterocycles. The third kappa shape index (κ3) is 3.99. The summed E-state index contributed by atoms with van der Waals surface area (Å²) in [4.78, 5) is 16.4. The minimum atomic E-state index is -4.70. The number of piperazine rings is 1. The summed E-state index contributed by atoms with van der Waals surface area (Å²) >= 11 is 0. The Morgan fingerprint density at radius 2 is 1.57 bits per heavy atom. The van der Waals surface area contributed by atoms with Crippen molar-refractivity contribution >= 4 is 11.6 Å². The smallest absolute Gasteiger partial charge is 0.404 e. The van der Waals surface area contributed by atoms with Crippen LogP contribution in [0.5, 0.6) is 5.75 Å². The molecule has 0 radical (unpaired) electrons. The van der Waals surface area contributed by atoms with Gasteiger partial charge in [0.1, 0.15) is 17.4 Å². The van der Waals surface area contributed by atoms with Crippen LogP contribution in [0.2, 0.25) is 0 Å². The molecule has 0 bridgehead atoms. The van der Waals surface area contributed by atoms with Crippen LogP contribution in [0.3, 0.4) is 0 Å². The van der Waals surface area contributed by atoms with Crippen LogP contribution in [-0.2, 0) is 0 Å². The number of hydrogen-bond donors (Lipinski definition) is 0. The van der Waals surface area contributed by atoms with E-state index < -0.39 is 6.36 Å². The molecule has 3 rings (SSSR count). The number of aromatic nitrogens is 3. The summed E-state index contributed by atoms with van der Waals surface area (Å²) in [6, 6.07) is 2.80. The fourth-order valence-corrected chi connectivity index (χ4v) is 2.37. The fraction of sp³-hybridized carbons (Fsp3) is 0.357. The molecule has 0 aliphatic carbocycles. The lowest BCUT2D eigenvalue weighted by Gasteiger charge is -2.35. The normalized spacial score (nSPS) is 15.6. The minimum absolute atomic E-state index is 0.320. The van der Waals surface area contributed by atoms with Gasteiger partial charge in [0.2, 0.25) is 0 Å². The van der Waals surface area contributed by atoms with Crippen molar-refractivity contribution < 1.29 is 17.9 Å². The first-order valence-electron chi connectivity index (χ1n) is 6.99. The van der Waals surface area contributed by atoms with Crippen LogP contribution < -0.4 is 14.5 Å². The Morgan fingerprint density at radius 1 is 0.870 bits per heavy atom. The van der Waals surface area contributed by atoms with Gasteiger partial charge in [0.05, 0.1) is 12.4 Å². The van der Waals surface area contributed by atoms with Crippen LogP contribution in [0.1, 0.15) is 0 Å². The monoisotopic (exact) mass is 325 g/mol. The standard InChI is InChI=1S/C14H14F3N5O/c15-14(16,17)23-11-1-2-12(20-9-11)21-5-7-22(8-6-21)13-10-18-3-4-19-13/h1-4,9-10H,5-8H2. The van der Waals surface area contributed by atoms with Gasteiger partial charge in [-0.15, -0.1) is 13.2 Å². The highest BCUT2D eigenvalue weighted by molar-refractivity contribution is 5.45. The third-order valence-electron chi connectivity index (χ3n) is 3.43. The Morgan fingerprint density at radius 3 is 2.09 bits per heavy atom. The summed E-state index contributed by atoms with van der Waals surface area (Å²) in [5.41, 5.74) is 0. The Kier molecular flexibility index (Phi) is 4.18. The molecule has 0 atom stereocenters. The fourth-order valence-electron chi connectivity index (χ4n) is 2.37. The number of ether oxygens (including phenoxy) is 1. The van der Waals surface area contributed by atoms with E-state index in [1.54, 1.807) is 18.6 Å². The molecule has 0 saturated carbocycles. The molecular weight excluding hydrogens is 311 g/mol. The highest BCUT2D eigenvalue weighted by atomic mass is 19.4. The Labute approximate surface area is 130 Å². The second-order valence-corrected chi connectivity index (χ2v) is 4.94. The average molecular weight is 325 g/mol. The van der Waals surface area contributed by atoms with Crippen LogP contribution >= 0.6 is 0 Å². The molecular formula is C14H14F3N5O. The molecule has 1 fully saturated rings. The minimum Gasteiger partial charge on any atom is -0.404 e. The van der Waals surface area contributed by atoms with Gasteiger partial charge in [-0.2, -0.15) is 0 Å². The molecule has 0 amide bonds. The molecule has 9 heteroatoms. The predicted molar refractivity (Wildman–Crippen MR) is 77.4 cm³/mol. The van der Waals surface area contributed by atoms with Crippen LogP contribution in [0.15, 0.2) is 36.9 Å². The SMILES string of the molecule is FC(F)(F)Oc1ccc(N2CCN(c3cnccn3)CC2)nc1. The maximum Gasteiger partial charge on any atom is 0.573 e. The van der Waals surface area contributed by atoms with Crippen molar-refractivity contribution in [2.75, 3.05) is 36.0 Å². The van der Waals surface area contributed by atoms with Gasteiger partial charge in [0, 0.05) is 38.6 Å². The molecule has 6 nitrogen and oxygen atoms in total. The molecule has 0 spiro atoms. The van der Waals surface area contributed by atoms with Crippen molar-refractivity contribution in [3.63, 3.8) is 0 Å². The van der Waals surface area contributed by atoms with Crippen LogP contribution in [0.4, 0.5) is 24.8 Å². The van der Waals surface area contributed by atoms with Crippen molar-refractivity contribution in [3.8, 4) is 5.75 Å². The second kappa shape index (κ2) is 6.27. The Balaban J connectivity index is 1.59. The molecule has 122 valence electrons. The van der Waals surface area contributed by atoms with Gasteiger partial charge in [-0.3, -0.25) is 4.98 Å². The van der Waals surface area contributed by atoms with Crippen LogP contribution in [0, 0.1) is 0 Å². The summed E-state index contributed by atoms with van der Waals surface area (Å²) in [6.45, 7) is 2.87. The zero-order valence-corrected chi connectivity index (χ0v) is 12.1. The lowest BCUT2D eigenvalue weighted by atomic mass is 10.3. The van der Waals surface area contributed by atoms with Gasteiger partial charge in [-0.25, -0.2) is 9.97 Å². The highest BCUT2D eigenvalue weighted by Gasteiger charge is 2.31. The summed E-state index contributed by atoms with van der Waals surface area (Å²) in [5.74, 6) is 1.12. The van der Waals surface area contributed by atoms with Gasteiger partial charge in [0.15, 0.2) is 0 Å². The Bertz CT molecular complexity index is 627. The van der Waals surface area contributed by atoms with E-state index in [-0.39, 0.29) is 5.75 Å². The lowest BCUT2D eigenvalue weighted by molar-refractivity contribution is -0.274. The zero-order chi connectivity index (χ0) is 16.3. The van der Waals surface area contributed by atoms with Gasteiger partial charge in [-0.05, 0) is 12.1 Å². The van der Waals surface area contributed by atoms with Gasteiger partial charge >= 0.3 is 6.36 Å². The number of nitrogens with zero attached hydrogens (tertiary/aromatic N) is 5. The van der Waals surface area contributed by atoms with Crippen molar-refractivity contribution in [2.45, 2.75) is 6.36 Å². The number of alkyl halides is 3. The average Bonchev–Trinajstić information content (AvgIpc) is 2.55. The van der Waals surface area contributed by atoms with Crippen LogP contribution in [-0.4, -0.2) is 47.5 Å². The summed E-state index contributed by atoms with van der Waals surface area (Å²) in [5, 5.41) is 0. The maximum absolute atomic E-state index is 12.1. The zero-order valence-electron chi connectivity index (χ0n) is 12.1. The van der Waals surface area contributed by atoms with Crippen molar-refractivity contribution in [2.24, 2.45) is 0 Å². The molecule has 2 aromatic rings. The summed E-state index contributed by atoms with van der Waals surface area (Å²) < 4.78 is 40.2. The first kappa shape index (κ1) is 15.3. The second-order valence-electron chi connectivity index (χ2n) is 4.94. The number of rotatable bonds is 3. The maximum atomic E-state index is 12.1. The van der Waals surface area contributed by atoms with Crippen molar-refractivity contribution in [3.05, 3.63) is 36.9 Å². The van der Waals surface area contributed by atoms with E-state index in [0.29, 0.717) is 18.9 Å². The predicted octanol–water partition coefficient (Wildman–Crippen LogP) is 2.10. The first-order chi connectivity index (χ1) is 11.0. The largest absolute Gasteiger partial charge is 0.573 e. The van der Waals surface area contributed by atoms with E-state index in [2.05, 4.69) is 24.6 Å².